The summed E-state index contributed by atoms with van der Waals surface area (Å²) >= 11 is 0. The van der Waals surface area contributed by atoms with E-state index >= 15 is 0 Å². The summed E-state index contributed by atoms with van der Waals surface area (Å²) in [7, 11) is 3.92. The molecule has 0 bridgehead atoms. The zero-order valence-corrected chi connectivity index (χ0v) is 21.4. The minimum absolute atomic E-state index is 0.0741. The van der Waals surface area contributed by atoms with E-state index in [9.17, 15) is 9.59 Å². The molecule has 1 saturated carbocycles. The molecular formula is C27H37N7O2. The van der Waals surface area contributed by atoms with E-state index in [2.05, 4.69) is 32.5 Å². The van der Waals surface area contributed by atoms with E-state index in [0.717, 1.165) is 61.5 Å². The van der Waals surface area contributed by atoms with Crippen molar-refractivity contribution in [2.24, 2.45) is 0 Å². The molecule has 1 aromatic carbocycles. The maximum atomic E-state index is 12.5. The first-order valence-corrected chi connectivity index (χ1v) is 13.2. The zero-order valence-electron chi connectivity index (χ0n) is 21.4. The van der Waals surface area contributed by atoms with Gasteiger partial charge in [-0.25, -0.2) is 4.98 Å². The van der Waals surface area contributed by atoms with Crippen LogP contribution in [0.5, 0.6) is 0 Å². The molecule has 3 heterocycles. The molecule has 9 heteroatoms. The van der Waals surface area contributed by atoms with Gasteiger partial charge in [0.05, 0.1) is 12.6 Å². The average molecular weight is 492 g/mol. The van der Waals surface area contributed by atoms with Gasteiger partial charge in [0.25, 0.3) is 0 Å². The maximum Gasteiger partial charge on any atom is 0.229 e. The van der Waals surface area contributed by atoms with E-state index in [-0.39, 0.29) is 17.9 Å². The molecular weight excluding hydrogens is 454 g/mol. The summed E-state index contributed by atoms with van der Waals surface area (Å²) < 4.78 is 0. The van der Waals surface area contributed by atoms with E-state index < -0.39 is 0 Å². The Morgan fingerprint density at radius 3 is 2.47 bits per heavy atom. The van der Waals surface area contributed by atoms with Gasteiger partial charge in [0.1, 0.15) is 5.69 Å². The number of fused-ring (bicyclic) bond motifs is 1. The number of benzene rings is 1. The number of nitrogens with one attached hydrogen (secondary N) is 2. The lowest BCUT2D eigenvalue weighted by molar-refractivity contribution is -0.121. The molecule has 0 spiro atoms. The van der Waals surface area contributed by atoms with Crippen molar-refractivity contribution in [3.8, 4) is 0 Å². The molecule has 2 N–H and O–H groups in total. The van der Waals surface area contributed by atoms with E-state index in [4.69, 9.17) is 4.98 Å². The number of piperidine rings is 1. The highest BCUT2D eigenvalue weighted by molar-refractivity contribution is 5.97. The predicted octanol–water partition coefficient (Wildman–Crippen LogP) is 3.09. The highest BCUT2D eigenvalue weighted by Crippen LogP contribution is 2.36. The van der Waals surface area contributed by atoms with Crippen LogP contribution < -0.4 is 20.4 Å². The van der Waals surface area contributed by atoms with Crippen molar-refractivity contribution < 1.29 is 9.59 Å². The molecule has 2 fully saturated rings. The monoisotopic (exact) mass is 491 g/mol. The predicted molar refractivity (Wildman–Crippen MR) is 142 cm³/mol. The fourth-order valence-electron chi connectivity index (χ4n) is 5.52. The Bertz CT molecular complexity index is 1080. The van der Waals surface area contributed by atoms with Gasteiger partial charge < -0.3 is 25.3 Å². The second-order valence-electron chi connectivity index (χ2n) is 10.4. The summed E-state index contributed by atoms with van der Waals surface area (Å²) in [6.45, 7) is 2.74. The Morgan fingerprint density at radius 1 is 1.03 bits per heavy atom. The van der Waals surface area contributed by atoms with Crippen LogP contribution in [0.1, 0.15) is 50.5 Å². The Balaban J connectivity index is 1.25. The number of likely N-dealkylation sites (tertiary alicyclic amines) is 1. The molecule has 9 nitrogen and oxygen atoms in total. The SMILES string of the molecule is CN1CCC(NC(=O)Cc2ccc(Nc3ncc4c(n3)N(C3CCCC3)CCC(=O)N4C)cc2)CC1. The van der Waals surface area contributed by atoms with Gasteiger partial charge in [-0.1, -0.05) is 25.0 Å². The molecule has 0 atom stereocenters. The molecule has 36 heavy (non-hydrogen) atoms. The van der Waals surface area contributed by atoms with Crippen molar-refractivity contribution in [2.45, 2.75) is 63.5 Å². The molecule has 0 unspecified atom stereocenters. The van der Waals surface area contributed by atoms with Crippen LogP contribution in [0.4, 0.5) is 23.1 Å². The van der Waals surface area contributed by atoms with Crippen molar-refractivity contribution in [3.05, 3.63) is 36.0 Å². The minimum atomic E-state index is 0.0741. The number of nitrogens with zero attached hydrogens (tertiary/aromatic N) is 5. The summed E-state index contributed by atoms with van der Waals surface area (Å²) in [4.78, 5) is 40.7. The Morgan fingerprint density at radius 2 is 1.75 bits per heavy atom. The van der Waals surface area contributed by atoms with E-state index in [1.807, 2.05) is 24.3 Å². The number of carbonyl (C=O) groups is 2. The van der Waals surface area contributed by atoms with E-state index in [1.54, 1.807) is 18.1 Å². The van der Waals surface area contributed by atoms with Gasteiger partial charge in [-0.3, -0.25) is 9.59 Å². The van der Waals surface area contributed by atoms with Crippen LogP contribution >= 0.6 is 0 Å². The molecule has 1 saturated heterocycles. The summed E-state index contributed by atoms with van der Waals surface area (Å²) in [5.74, 6) is 1.50. The molecule has 1 aliphatic carbocycles. The van der Waals surface area contributed by atoms with Crippen LogP contribution in [-0.4, -0.2) is 72.5 Å². The fraction of sp³-hybridized carbons (Fsp3) is 0.556. The number of carbonyl (C=O) groups excluding carboxylic acids is 2. The molecule has 2 aromatic rings. The molecule has 1 aromatic heterocycles. The first-order chi connectivity index (χ1) is 17.5. The van der Waals surface area contributed by atoms with Crippen LogP contribution in [0.3, 0.4) is 0 Å². The number of anilines is 4. The van der Waals surface area contributed by atoms with Gasteiger partial charge >= 0.3 is 0 Å². The first kappa shape index (κ1) is 24.5. The minimum Gasteiger partial charge on any atom is -0.353 e. The Hall–Kier alpha value is -3.20. The van der Waals surface area contributed by atoms with Gasteiger partial charge in [0, 0.05) is 37.8 Å². The lowest BCUT2D eigenvalue weighted by Crippen LogP contribution is -2.43. The molecule has 5 rings (SSSR count). The Kier molecular flexibility index (Phi) is 7.36. The first-order valence-electron chi connectivity index (χ1n) is 13.2. The number of amides is 2. The van der Waals surface area contributed by atoms with Crippen LogP contribution in [0.25, 0.3) is 0 Å². The second-order valence-corrected chi connectivity index (χ2v) is 10.4. The van der Waals surface area contributed by atoms with Crippen molar-refractivity contribution in [2.75, 3.05) is 48.8 Å². The third kappa shape index (κ3) is 5.61. The standard InChI is InChI=1S/C27H37N7O2/c1-32-14-11-21(12-15-32)29-24(35)17-19-7-9-20(10-8-19)30-27-28-18-23-26(31-27)34(22-5-3-4-6-22)16-13-25(36)33(23)2/h7-10,18,21-22H,3-6,11-17H2,1-2H3,(H,29,35)(H,28,30,31). The summed E-state index contributed by atoms with van der Waals surface area (Å²) in [5.41, 5.74) is 2.60. The van der Waals surface area contributed by atoms with Crippen LogP contribution in [0.15, 0.2) is 30.5 Å². The zero-order chi connectivity index (χ0) is 25.1. The van der Waals surface area contributed by atoms with Crippen LogP contribution in [0.2, 0.25) is 0 Å². The summed E-state index contributed by atoms with van der Waals surface area (Å²) in [5, 5.41) is 6.48. The van der Waals surface area contributed by atoms with Gasteiger partial charge in [-0.2, -0.15) is 4.98 Å². The van der Waals surface area contributed by atoms with Crippen LogP contribution in [-0.2, 0) is 16.0 Å². The number of rotatable bonds is 6. The van der Waals surface area contributed by atoms with Gasteiger partial charge in [-0.15, -0.1) is 0 Å². The van der Waals surface area contributed by atoms with Crippen molar-refractivity contribution in [1.29, 1.82) is 0 Å². The lowest BCUT2D eigenvalue weighted by atomic mass is 10.0. The van der Waals surface area contributed by atoms with Gasteiger partial charge in [0.15, 0.2) is 5.82 Å². The lowest BCUT2D eigenvalue weighted by Gasteiger charge is -2.30. The maximum absolute atomic E-state index is 12.5. The summed E-state index contributed by atoms with van der Waals surface area (Å²) in [6.07, 6.45) is 9.34. The third-order valence-electron chi connectivity index (χ3n) is 7.75. The molecule has 2 amide bonds. The second kappa shape index (κ2) is 10.8. The highest BCUT2D eigenvalue weighted by Gasteiger charge is 2.31. The average Bonchev–Trinajstić information content (AvgIpc) is 3.37. The summed E-state index contributed by atoms with van der Waals surface area (Å²) in [6, 6.07) is 8.55. The van der Waals surface area contributed by atoms with Gasteiger partial charge in [0.2, 0.25) is 17.8 Å². The molecule has 0 radical (unpaired) electrons. The number of hydrogen-bond acceptors (Lipinski definition) is 7. The quantitative estimate of drug-likeness (QED) is 0.641. The highest BCUT2D eigenvalue weighted by atomic mass is 16.2. The van der Waals surface area contributed by atoms with E-state index in [1.165, 1.54) is 12.8 Å². The van der Waals surface area contributed by atoms with Crippen LogP contribution in [0, 0.1) is 0 Å². The van der Waals surface area contributed by atoms with Crippen molar-refractivity contribution in [1.82, 2.24) is 20.2 Å². The molecule has 2 aliphatic heterocycles. The smallest absolute Gasteiger partial charge is 0.229 e. The number of aromatic nitrogens is 2. The largest absolute Gasteiger partial charge is 0.353 e. The normalized spacial score (nSPS) is 19.8. The molecule has 192 valence electrons. The van der Waals surface area contributed by atoms with Crippen molar-refractivity contribution >= 4 is 35.0 Å². The van der Waals surface area contributed by atoms with Crippen molar-refractivity contribution in [3.63, 3.8) is 0 Å². The van der Waals surface area contributed by atoms with Gasteiger partial charge in [-0.05, 0) is 63.5 Å². The molecule has 3 aliphatic rings. The van der Waals surface area contributed by atoms with E-state index in [0.29, 0.717) is 31.4 Å². The number of hydrogen-bond donors (Lipinski definition) is 2. The fourth-order valence-corrected chi connectivity index (χ4v) is 5.52. The Labute approximate surface area is 213 Å². The third-order valence-corrected chi connectivity index (χ3v) is 7.75. The topological polar surface area (TPSA) is 93.7 Å².